The van der Waals surface area contributed by atoms with E-state index in [0.29, 0.717) is 42.7 Å². The van der Waals surface area contributed by atoms with Gasteiger partial charge in [-0.25, -0.2) is 18.4 Å². The van der Waals surface area contributed by atoms with Crippen LogP contribution in [0.1, 0.15) is 11.3 Å². The van der Waals surface area contributed by atoms with Gasteiger partial charge in [0.25, 0.3) is 0 Å². The van der Waals surface area contributed by atoms with Gasteiger partial charge in [-0.1, -0.05) is 17.7 Å². The number of sulfonamides is 1. The number of hydrogen-bond acceptors (Lipinski definition) is 6. The van der Waals surface area contributed by atoms with Gasteiger partial charge in [0.1, 0.15) is 11.5 Å². The van der Waals surface area contributed by atoms with Crippen molar-refractivity contribution in [1.29, 1.82) is 0 Å². The average molecular weight is 444 g/mol. The maximum absolute atomic E-state index is 12.9. The molecule has 1 aliphatic rings. The van der Waals surface area contributed by atoms with Gasteiger partial charge < -0.3 is 4.90 Å². The first-order valence-corrected chi connectivity index (χ1v) is 11.5. The molecule has 0 atom stereocenters. The molecule has 1 aromatic carbocycles. The summed E-state index contributed by atoms with van der Waals surface area (Å²) in [5.41, 5.74) is 2.59. The van der Waals surface area contributed by atoms with Crippen LogP contribution in [0, 0.1) is 13.8 Å². The van der Waals surface area contributed by atoms with Crippen molar-refractivity contribution in [2.24, 2.45) is 0 Å². The van der Waals surface area contributed by atoms with Crippen LogP contribution in [-0.4, -0.2) is 53.9 Å². The van der Waals surface area contributed by atoms with E-state index in [1.165, 1.54) is 4.31 Å². The van der Waals surface area contributed by atoms with Crippen LogP contribution in [0.2, 0.25) is 5.02 Å². The van der Waals surface area contributed by atoms with Crippen LogP contribution in [-0.2, 0) is 10.0 Å². The third kappa shape index (κ3) is 4.03. The Hall–Kier alpha value is -2.55. The molecule has 0 radical (unpaired) electrons. The fraction of sp³-hybridized carbons (Fsp3) is 0.286. The number of aromatic nitrogens is 3. The standard InChI is InChI=1S/C21H22ClN5O2S/c1-15-16(2)24-20(19-5-3-4-10-23-19)25-21(15)26-11-13-27(14-12-26)30(28,29)18-8-6-17(22)7-9-18/h3-10H,11-14H2,1-2H3. The molecule has 7 nitrogen and oxygen atoms in total. The van der Waals surface area contributed by atoms with Gasteiger partial charge in [0, 0.05) is 48.7 Å². The van der Waals surface area contributed by atoms with Gasteiger partial charge in [0.2, 0.25) is 10.0 Å². The monoisotopic (exact) mass is 443 g/mol. The number of nitrogens with zero attached hydrogens (tertiary/aromatic N) is 5. The van der Waals surface area contributed by atoms with Crippen LogP contribution in [0.25, 0.3) is 11.5 Å². The highest BCUT2D eigenvalue weighted by molar-refractivity contribution is 7.89. The minimum Gasteiger partial charge on any atom is -0.354 e. The lowest BCUT2D eigenvalue weighted by molar-refractivity contribution is 0.383. The smallest absolute Gasteiger partial charge is 0.243 e. The van der Waals surface area contributed by atoms with Gasteiger partial charge in [-0.3, -0.25) is 4.98 Å². The third-order valence-corrected chi connectivity index (χ3v) is 7.41. The lowest BCUT2D eigenvalue weighted by Gasteiger charge is -2.35. The maximum Gasteiger partial charge on any atom is 0.243 e. The molecule has 0 saturated carbocycles. The van der Waals surface area contributed by atoms with Crippen molar-refractivity contribution >= 4 is 27.4 Å². The summed E-state index contributed by atoms with van der Waals surface area (Å²) in [4.78, 5) is 16.1. The normalized spacial score (nSPS) is 15.4. The zero-order chi connectivity index (χ0) is 21.3. The molecule has 30 heavy (non-hydrogen) atoms. The van der Waals surface area contributed by atoms with Crippen molar-refractivity contribution in [2.75, 3.05) is 31.1 Å². The number of hydrogen-bond donors (Lipinski definition) is 0. The van der Waals surface area contributed by atoms with Crippen molar-refractivity contribution in [2.45, 2.75) is 18.7 Å². The van der Waals surface area contributed by atoms with Gasteiger partial charge >= 0.3 is 0 Å². The SMILES string of the molecule is Cc1nc(-c2ccccn2)nc(N2CCN(S(=O)(=O)c3ccc(Cl)cc3)CC2)c1C. The minimum absolute atomic E-state index is 0.256. The van der Waals surface area contributed by atoms with Gasteiger partial charge in [-0.15, -0.1) is 0 Å². The van der Waals surface area contributed by atoms with E-state index >= 15 is 0 Å². The number of rotatable bonds is 4. The molecule has 1 saturated heterocycles. The molecule has 9 heteroatoms. The molecule has 0 unspecified atom stereocenters. The van der Waals surface area contributed by atoms with Crippen molar-refractivity contribution < 1.29 is 8.42 Å². The summed E-state index contributed by atoms with van der Waals surface area (Å²) in [5, 5.41) is 0.511. The number of aryl methyl sites for hydroxylation is 1. The van der Waals surface area contributed by atoms with E-state index in [2.05, 4.69) is 14.9 Å². The molecule has 3 heterocycles. The molecule has 1 aliphatic heterocycles. The van der Waals surface area contributed by atoms with Gasteiger partial charge in [-0.05, 0) is 50.2 Å². The predicted molar refractivity (Wildman–Crippen MR) is 117 cm³/mol. The van der Waals surface area contributed by atoms with E-state index in [0.717, 1.165) is 17.1 Å². The van der Waals surface area contributed by atoms with E-state index in [9.17, 15) is 8.42 Å². The highest BCUT2D eigenvalue weighted by Crippen LogP contribution is 2.26. The zero-order valence-corrected chi connectivity index (χ0v) is 18.4. The van der Waals surface area contributed by atoms with Gasteiger partial charge in [-0.2, -0.15) is 4.31 Å². The second-order valence-corrected chi connectivity index (χ2v) is 9.52. The summed E-state index contributed by atoms with van der Waals surface area (Å²) in [6.07, 6.45) is 1.72. The summed E-state index contributed by atoms with van der Waals surface area (Å²) in [7, 11) is -3.55. The number of pyridine rings is 1. The maximum atomic E-state index is 12.9. The highest BCUT2D eigenvalue weighted by Gasteiger charge is 2.29. The molecular weight excluding hydrogens is 422 g/mol. The van der Waals surface area contributed by atoms with Crippen LogP contribution < -0.4 is 4.90 Å². The quantitative estimate of drug-likeness (QED) is 0.615. The predicted octanol–water partition coefficient (Wildman–Crippen LogP) is 3.32. The number of halogens is 1. The fourth-order valence-electron chi connectivity index (χ4n) is 3.43. The Balaban J connectivity index is 1.56. The molecule has 0 amide bonds. The van der Waals surface area contributed by atoms with Crippen molar-refractivity contribution in [1.82, 2.24) is 19.3 Å². The topological polar surface area (TPSA) is 79.3 Å². The second-order valence-electron chi connectivity index (χ2n) is 7.14. The van der Waals surface area contributed by atoms with Crippen LogP contribution >= 0.6 is 11.6 Å². The summed E-state index contributed by atoms with van der Waals surface area (Å²) >= 11 is 5.89. The first kappa shape index (κ1) is 20.7. The van der Waals surface area contributed by atoms with E-state index in [1.807, 2.05) is 32.0 Å². The Morgan fingerprint density at radius 3 is 2.27 bits per heavy atom. The molecule has 3 aromatic rings. The van der Waals surface area contributed by atoms with Crippen LogP contribution in [0.3, 0.4) is 0 Å². The van der Waals surface area contributed by atoms with Crippen molar-refractivity contribution in [3.05, 3.63) is 64.9 Å². The first-order chi connectivity index (χ1) is 14.4. The van der Waals surface area contributed by atoms with Crippen LogP contribution in [0.5, 0.6) is 0 Å². The third-order valence-electron chi connectivity index (χ3n) is 5.25. The van der Waals surface area contributed by atoms with Crippen molar-refractivity contribution in [3.63, 3.8) is 0 Å². The lowest BCUT2D eigenvalue weighted by atomic mass is 10.2. The Morgan fingerprint density at radius 1 is 0.933 bits per heavy atom. The van der Waals surface area contributed by atoms with Crippen LogP contribution in [0.4, 0.5) is 5.82 Å². The summed E-state index contributed by atoms with van der Waals surface area (Å²) in [5.74, 6) is 1.40. The van der Waals surface area contributed by atoms with E-state index in [1.54, 1.807) is 30.5 Å². The number of piperazine rings is 1. The fourth-order valence-corrected chi connectivity index (χ4v) is 4.98. The average Bonchev–Trinajstić information content (AvgIpc) is 2.76. The molecule has 156 valence electrons. The molecule has 0 N–H and O–H groups in total. The molecule has 1 fully saturated rings. The van der Waals surface area contributed by atoms with Crippen molar-refractivity contribution in [3.8, 4) is 11.5 Å². The van der Waals surface area contributed by atoms with Gasteiger partial charge in [0.15, 0.2) is 5.82 Å². The highest BCUT2D eigenvalue weighted by atomic mass is 35.5. The van der Waals surface area contributed by atoms with E-state index in [-0.39, 0.29) is 4.90 Å². The van der Waals surface area contributed by atoms with E-state index in [4.69, 9.17) is 16.6 Å². The Bertz CT molecular complexity index is 1150. The largest absolute Gasteiger partial charge is 0.354 e. The molecule has 2 aromatic heterocycles. The first-order valence-electron chi connectivity index (χ1n) is 9.63. The van der Waals surface area contributed by atoms with E-state index < -0.39 is 10.0 Å². The zero-order valence-electron chi connectivity index (χ0n) is 16.8. The molecular formula is C21H22ClN5O2S. The second kappa shape index (κ2) is 8.29. The molecule has 0 spiro atoms. The lowest BCUT2D eigenvalue weighted by Crippen LogP contribution is -2.49. The van der Waals surface area contributed by atoms with Gasteiger partial charge in [0.05, 0.1) is 4.90 Å². The summed E-state index contributed by atoms with van der Waals surface area (Å²) in [6.45, 7) is 5.80. The Morgan fingerprint density at radius 2 is 1.63 bits per heavy atom. The Labute approximate surface area is 181 Å². The number of anilines is 1. The molecule has 0 bridgehead atoms. The number of benzene rings is 1. The van der Waals surface area contributed by atoms with Crippen LogP contribution in [0.15, 0.2) is 53.6 Å². The molecule has 4 rings (SSSR count). The summed E-state index contributed by atoms with van der Waals surface area (Å²) < 4.78 is 27.4. The Kier molecular flexibility index (Phi) is 5.73. The minimum atomic E-state index is -3.55. The summed E-state index contributed by atoms with van der Waals surface area (Å²) in [6, 6.07) is 11.9. The molecule has 0 aliphatic carbocycles.